The van der Waals surface area contributed by atoms with Crippen molar-refractivity contribution in [2.75, 3.05) is 4.90 Å². The lowest BCUT2D eigenvalue weighted by molar-refractivity contribution is -0.119. The SMILES string of the molecule is O=C1C(Cl)=C(c2ccccc2)C(=O)N1c1ccccc1F. The molecule has 0 spiro atoms. The molecule has 0 saturated heterocycles. The average molecular weight is 302 g/mol. The molecule has 0 atom stereocenters. The van der Waals surface area contributed by atoms with E-state index in [-0.39, 0.29) is 16.3 Å². The van der Waals surface area contributed by atoms with E-state index in [0.717, 1.165) is 4.90 Å². The minimum atomic E-state index is -0.717. The van der Waals surface area contributed by atoms with Gasteiger partial charge in [-0.3, -0.25) is 9.59 Å². The molecule has 0 fully saturated rings. The zero-order valence-corrected chi connectivity index (χ0v) is 11.5. The van der Waals surface area contributed by atoms with Crippen LogP contribution in [-0.4, -0.2) is 11.8 Å². The van der Waals surface area contributed by atoms with Crippen molar-refractivity contribution < 1.29 is 14.0 Å². The lowest BCUT2D eigenvalue weighted by Crippen LogP contribution is -2.31. The third-order valence-corrected chi connectivity index (χ3v) is 3.53. The molecular formula is C16H9ClFNO2. The summed E-state index contributed by atoms with van der Waals surface area (Å²) in [7, 11) is 0. The molecule has 2 aromatic carbocycles. The highest BCUT2D eigenvalue weighted by molar-refractivity contribution is 6.60. The molecule has 2 aromatic rings. The smallest absolute Gasteiger partial charge is 0.268 e. The second-order valence-corrected chi connectivity index (χ2v) is 4.83. The quantitative estimate of drug-likeness (QED) is 0.798. The molecule has 1 heterocycles. The molecule has 1 aliphatic heterocycles. The van der Waals surface area contributed by atoms with Gasteiger partial charge in [-0.15, -0.1) is 0 Å². The first-order valence-corrected chi connectivity index (χ1v) is 6.57. The minimum Gasteiger partial charge on any atom is -0.268 e. The summed E-state index contributed by atoms with van der Waals surface area (Å²) in [5, 5.41) is -0.200. The third kappa shape index (κ3) is 2.14. The normalized spacial score (nSPS) is 15.0. The van der Waals surface area contributed by atoms with Crippen LogP contribution in [0.1, 0.15) is 5.56 Å². The van der Waals surface area contributed by atoms with Gasteiger partial charge < -0.3 is 0 Å². The molecule has 21 heavy (non-hydrogen) atoms. The van der Waals surface area contributed by atoms with Gasteiger partial charge >= 0.3 is 0 Å². The molecule has 1 aliphatic rings. The Labute approximate surface area is 125 Å². The van der Waals surface area contributed by atoms with Crippen LogP contribution in [0, 0.1) is 5.82 Å². The van der Waals surface area contributed by atoms with Crippen molar-refractivity contribution >= 4 is 34.7 Å². The van der Waals surface area contributed by atoms with Crippen LogP contribution in [0.25, 0.3) is 5.57 Å². The Kier molecular flexibility index (Phi) is 3.31. The maximum atomic E-state index is 13.8. The third-order valence-electron chi connectivity index (χ3n) is 3.18. The number of imide groups is 1. The molecule has 0 N–H and O–H groups in total. The second-order valence-electron chi connectivity index (χ2n) is 4.45. The van der Waals surface area contributed by atoms with E-state index >= 15 is 0 Å². The fourth-order valence-corrected chi connectivity index (χ4v) is 2.48. The molecule has 3 rings (SSSR count). The molecule has 0 saturated carbocycles. The standard InChI is InChI=1S/C16H9ClFNO2/c17-14-13(10-6-2-1-3-7-10)15(20)19(16(14)21)12-9-5-4-8-11(12)18/h1-9H. The van der Waals surface area contributed by atoms with Gasteiger partial charge in [-0.2, -0.15) is 0 Å². The summed E-state index contributed by atoms with van der Waals surface area (Å²) < 4.78 is 13.8. The Morgan fingerprint density at radius 2 is 1.48 bits per heavy atom. The van der Waals surface area contributed by atoms with Crippen molar-refractivity contribution in [1.29, 1.82) is 0 Å². The first kappa shape index (κ1) is 13.5. The van der Waals surface area contributed by atoms with Crippen molar-refractivity contribution in [2.24, 2.45) is 0 Å². The Morgan fingerprint density at radius 1 is 0.857 bits per heavy atom. The maximum Gasteiger partial charge on any atom is 0.277 e. The van der Waals surface area contributed by atoms with E-state index in [1.807, 2.05) is 0 Å². The molecule has 0 unspecified atom stereocenters. The van der Waals surface area contributed by atoms with Crippen LogP contribution in [-0.2, 0) is 9.59 Å². The van der Waals surface area contributed by atoms with Gasteiger partial charge in [-0.1, -0.05) is 54.1 Å². The molecule has 0 bridgehead atoms. The summed E-state index contributed by atoms with van der Waals surface area (Å²) in [6.07, 6.45) is 0. The van der Waals surface area contributed by atoms with E-state index < -0.39 is 17.6 Å². The molecule has 3 nitrogen and oxygen atoms in total. The number of hydrogen-bond acceptors (Lipinski definition) is 2. The van der Waals surface area contributed by atoms with E-state index in [2.05, 4.69) is 0 Å². The predicted molar refractivity (Wildman–Crippen MR) is 78.1 cm³/mol. The number of rotatable bonds is 2. The topological polar surface area (TPSA) is 37.4 Å². The first-order valence-electron chi connectivity index (χ1n) is 6.20. The van der Waals surface area contributed by atoms with Gasteiger partial charge in [0, 0.05) is 0 Å². The monoisotopic (exact) mass is 301 g/mol. The lowest BCUT2D eigenvalue weighted by Gasteiger charge is -2.15. The predicted octanol–water partition coefficient (Wildman–Crippen LogP) is 3.35. The molecule has 104 valence electrons. The first-order chi connectivity index (χ1) is 10.1. The van der Waals surface area contributed by atoms with Gasteiger partial charge in [0.2, 0.25) is 0 Å². The van der Waals surface area contributed by atoms with Gasteiger partial charge in [-0.25, -0.2) is 9.29 Å². The van der Waals surface area contributed by atoms with E-state index in [1.54, 1.807) is 36.4 Å². The maximum absolute atomic E-state index is 13.8. The highest BCUT2D eigenvalue weighted by Gasteiger charge is 2.40. The number of halogens is 2. The number of para-hydroxylation sites is 1. The van der Waals surface area contributed by atoms with Crippen molar-refractivity contribution in [3.05, 3.63) is 71.0 Å². The Balaban J connectivity index is 2.10. The zero-order valence-electron chi connectivity index (χ0n) is 10.7. The van der Waals surface area contributed by atoms with Gasteiger partial charge in [0.25, 0.3) is 11.8 Å². The van der Waals surface area contributed by atoms with Crippen LogP contribution >= 0.6 is 11.6 Å². The van der Waals surface area contributed by atoms with E-state index in [1.165, 1.54) is 18.2 Å². The van der Waals surface area contributed by atoms with Crippen molar-refractivity contribution in [3.63, 3.8) is 0 Å². The summed E-state index contributed by atoms with van der Waals surface area (Å²) in [5.74, 6) is -2.00. The van der Waals surface area contributed by atoms with Gasteiger partial charge in [-0.05, 0) is 17.7 Å². The molecule has 0 radical (unpaired) electrons. The zero-order chi connectivity index (χ0) is 15.0. The number of benzene rings is 2. The number of anilines is 1. The summed E-state index contributed by atoms with van der Waals surface area (Å²) in [4.78, 5) is 25.4. The largest absolute Gasteiger partial charge is 0.277 e. The van der Waals surface area contributed by atoms with Crippen molar-refractivity contribution in [2.45, 2.75) is 0 Å². The fraction of sp³-hybridized carbons (Fsp3) is 0. The van der Waals surface area contributed by atoms with E-state index in [4.69, 9.17) is 11.6 Å². The number of carbonyl (C=O) groups is 2. The average Bonchev–Trinajstić information content (AvgIpc) is 2.71. The van der Waals surface area contributed by atoms with Crippen LogP contribution < -0.4 is 4.90 Å². The molecule has 0 aromatic heterocycles. The number of nitrogens with zero attached hydrogens (tertiary/aromatic N) is 1. The van der Waals surface area contributed by atoms with Gasteiger partial charge in [0.1, 0.15) is 10.8 Å². The Hall–Kier alpha value is -2.46. The van der Waals surface area contributed by atoms with Crippen LogP contribution in [0.5, 0.6) is 0 Å². The van der Waals surface area contributed by atoms with Gasteiger partial charge in [0.15, 0.2) is 0 Å². The molecule has 5 heteroatoms. The summed E-state index contributed by atoms with van der Waals surface area (Å²) in [5.41, 5.74) is 0.516. The number of amides is 2. The minimum absolute atomic E-state index is 0.0884. The van der Waals surface area contributed by atoms with Crippen LogP contribution in [0.15, 0.2) is 59.6 Å². The second kappa shape index (κ2) is 5.14. The van der Waals surface area contributed by atoms with Crippen LogP contribution in [0.3, 0.4) is 0 Å². The summed E-state index contributed by atoms with van der Waals surface area (Å²) in [6, 6.07) is 14.2. The van der Waals surface area contributed by atoms with Crippen LogP contribution in [0.2, 0.25) is 0 Å². The number of hydrogen-bond donors (Lipinski definition) is 0. The van der Waals surface area contributed by atoms with Crippen molar-refractivity contribution in [1.82, 2.24) is 0 Å². The Morgan fingerprint density at radius 3 is 2.14 bits per heavy atom. The molecular weight excluding hydrogens is 293 g/mol. The highest BCUT2D eigenvalue weighted by Crippen LogP contribution is 2.35. The van der Waals surface area contributed by atoms with Crippen LogP contribution in [0.4, 0.5) is 10.1 Å². The number of carbonyl (C=O) groups excluding carboxylic acids is 2. The van der Waals surface area contributed by atoms with E-state index in [0.29, 0.717) is 5.56 Å². The summed E-state index contributed by atoms with van der Waals surface area (Å²) in [6.45, 7) is 0. The Bertz CT molecular complexity index is 771. The highest BCUT2D eigenvalue weighted by atomic mass is 35.5. The lowest BCUT2D eigenvalue weighted by atomic mass is 10.1. The van der Waals surface area contributed by atoms with Gasteiger partial charge in [0.05, 0.1) is 11.3 Å². The van der Waals surface area contributed by atoms with Crippen molar-refractivity contribution in [3.8, 4) is 0 Å². The van der Waals surface area contributed by atoms with E-state index in [9.17, 15) is 14.0 Å². The molecule has 2 amide bonds. The molecule has 0 aliphatic carbocycles. The fourth-order valence-electron chi connectivity index (χ4n) is 2.21. The summed E-state index contributed by atoms with van der Waals surface area (Å²) >= 11 is 6.00.